The Kier molecular flexibility index (Phi) is 3.65. The van der Waals surface area contributed by atoms with Gasteiger partial charge in [-0.15, -0.1) is 0 Å². The SMILES string of the molecule is CCC1(CC(=O)OCc2ccccc2)CNC1=O. The van der Waals surface area contributed by atoms with E-state index >= 15 is 0 Å². The molecule has 1 unspecified atom stereocenters. The highest BCUT2D eigenvalue weighted by atomic mass is 16.5. The van der Waals surface area contributed by atoms with Crippen molar-refractivity contribution in [3.63, 3.8) is 0 Å². The molecule has 4 nitrogen and oxygen atoms in total. The van der Waals surface area contributed by atoms with Crippen molar-refractivity contribution in [2.45, 2.75) is 26.4 Å². The maximum Gasteiger partial charge on any atom is 0.307 e. The molecular weight excluding hydrogens is 230 g/mol. The number of carbonyl (C=O) groups is 2. The smallest absolute Gasteiger partial charge is 0.307 e. The largest absolute Gasteiger partial charge is 0.461 e. The molecule has 1 aromatic carbocycles. The fourth-order valence-electron chi connectivity index (χ4n) is 2.03. The van der Waals surface area contributed by atoms with Crippen LogP contribution in [0.4, 0.5) is 0 Å². The Morgan fingerprint density at radius 3 is 2.61 bits per heavy atom. The van der Waals surface area contributed by atoms with Crippen molar-refractivity contribution in [2.75, 3.05) is 6.54 Å². The molecule has 0 radical (unpaired) electrons. The van der Waals surface area contributed by atoms with Gasteiger partial charge in [0.2, 0.25) is 5.91 Å². The molecule has 1 aliphatic heterocycles. The molecule has 1 heterocycles. The van der Waals surface area contributed by atoms with Crippen LogP contribution in [0.2, 0.25) is 0 Å². The van der Waals surface area contributed by atoms with Crippen molar-refractivity contribution in [2.24, 2.45) is 5.41 Å². The average Bonchev–Trinajstić information content (AvgIpc) is 2.42. The molecule has 0 spiro atoms. The highest BCUT2D eigenvalue weighted by molar-refractivity contribution is 5.92. The lowest BCUT2D eigenvalue weighted by Crippen LogP contribution is -2.59. The van der Waals surface area contributed by atoms with Gasteiger partial charge in [-0.1, -0.05) is 37.3 Å². The first-order valence-electron chi connectivity index (χ1n) is 6.14. The van der Waals surface area contributed by atoms with Crippen molar-refractivity contribution in [1.82, 2.24) is 5.32 Å². The first kappa shape index (κ1) is 12.6. The van der Waals surface area contributed by atoms with Gasteiger partial charge in [-0.3, -0.25) is 9.59 Å². The lowest BCUT2D eigenvalue weighted by molar-refractivity contribution is -0.156. The van der Waals surface area contributed by atoms with E-state index in [4.69, 9.17) is 4.74 Å². The van der Waals surface area contributed by atoms with Gasteiger partial charge in [0.05, 0.1) is 11.8 Å². The molecule has 96 valence electrons. The van der Waals surface area contributed by atoms with Crippen LogP contribution in [0, 0.1) is 5.41 Å². The first-order valence-corrected chi connectivity index (χ1v) is 6.14. The molecule has 1 saturated heterocycles. The second kappa shape index (κ2) is 5.21. The van der Waals surface area contributed by atoms with E-state index in [0.717, 1.165) is 5.56 Å². The number of β-lactam (4-membered cyclic amide) rings is 1. The van der Waals surface area contributed by atoms with E-state index in [1.807, 2.05) is 37.3 Å². The standard InChI is InChI=1S/C14H17NO3/c1-2-14(10-15-13(14)17)8-12(16)18-9-11-6-4-3-5-7-11/h3-7H,2,8-10H2,1H3,(H,15,17). The van der Waals surface area contributed by atoms with E-state index in [-0.39, 0.29) is 24.9 Å². The van der Waals surface area contributed by atoms with Gasteiger partial charge in [-0.25, -0.2) is 0 Å². The zero-order chi connectivity index (χ0) is 13.0. The molecule has 1 atom stereocenters. The van der Waals surface area contributed by atoms with E-state index in [0.29, 0.717) is 13.0 Å². The molecule has 0 saturated carbocycles. The Labute approximate surface area is 106 Å². The van der Waals surface area contributed by atoms with E-state index in [2.05, 4.69) is 5.32 Å². The summed E-state index contributed by atoms with van der Waals surface area (Å²) in [4.78, 5) is 23.2. The van der Waals surface area contributed by atoms with Crippen molar-refractivity contribution < 1.29 is 14.3 Å². The fourth-order valence-corrected chi connectivity index (χ4v) is 2.03. The van der Waals surface area contributed by atoms with Gasteiger partial charge in [0.15, 0.2) is 0 Å². The quantitative estimate of drug-likeness (QED) is 0.635. The number of amides is 1. The average molecular weight is 247 g/mol. The van der Waals surface area contributed by atoms with E-state index in [1.54, 1.807) is 0 Å². The van der Waals surface area contributed by atoms with Gasteiger partial charge < -0.3 is 10.1 Å². The monoisotopic (exact) mass is 247 g/mol. The Bertz CT molecular complexity index is 440. The summed E-state index contributed by atoms with van der Waals surface area (Å²) in [5.74, 6) is -0.350. The van der Waals surface area contributed by atoms with Gasteiger partial charge in [-0.2, -0.15) is 0 Å². The third-order valence-electron chi connectivity index (χ3n) is 3.47. The Morgan fingerprint density at radius 2 is 2.11 bits per heavy atom. The minimum atomic E-state index is -0.534. The van der Waals surface area contributed by atoms with Crippen LogP contribution in [0.5, 0.6) is 0 Å². The molecule has 1 fully saturated rings. The molecule has 2 rings (SSSR count). The molecule has 0 aromatic heterocycles. The van der Waals surface area contributed by atoms with Crippen LogP contribution in [0.25, 0.3) is 0 Å². The van der Waals surface area contributed by atoms with Crippen LogP contribution in [0.1, 0.15) is 25.3 Å². The summed E-state index contributed by atoms with van der Waals surface area (Å²) in [7, 11) is 0. The number of ether oxygens (including phenoxy) is 1. The van der Waals surface area contributed by atoms with Crippen LogP contribution >= 0.6 is 0 Å². The summed E-state index contributed by atoms with van der Waals surface area (Å²) in [5, 5.41) is 2.68. The second-order valence-corrected chi connectivity index (χ2v) is 4.64. The Morgan fingerprint density at radius 1 is 1.39 bits per heavy atom. The molecule has 1 aliphatic rings. The molecule has 1 aromatic rings. The minimum Gasteiger partial charge on any atom is -0.461 e. The summed E-state index contributed by atoms with van der Waals surface area (Å²) in [6.07, 6.45) is 0.835. The fraction of sp³-hybridized carbons (Fsp3) is 0.429. The first-order chi connectivity index (χ1) is 8.66. The lowest BCUT2D eigenvalue weighted by atomic mass is 9.75. The van der Waals surface area contributed by atoms with Crippen LogP contribution in [0.3, 0.4) is 0 Å². The number of nitrogens with one attached hydrogen (secondary N) is 1. The van der Waals surface area contributed by atoms with Gasteiger partial charge in [0.25, 0.3) is 0 Å². The number of benzene rings is 1. The highest BCUT2D eigenvalue weighted by Gasteiger charge is 2.46. The maximum absolute atomic E-state index is 11.7. The Balaban J connectivity index is 1.84. The van der Waals surface area contributed by atoms with E-state index in [1.165, 1.54) is 0 Å². The van der Waals surface area contributed by atoms with Gasteiger partial charge in [0, 0.05) is 6.54 Å². The van der Waals surface area contributed by atoms with E-state index in [9.17, 15) is 9.59 Å². The molecule has 1 N–H and O–H groups in total. The predicted octanol–water partition coefficient (Wildman–Crippen LogP) is 1.65. The molecule has 1 amide bonds. The molecule has 18 heavy (non-hydrogen) atoms. The molecular formula is C14H17NO3. The molecule has 0 aliphatic carbocycles. The summed E-state index contributed by atoms with van der Waals surface area (Å²) >= 11 is 0. The molecule has 4 heteroatoms. The van der Waals surface area contributed by atoms with Crippen molar-refractivity contribution in [1.29, 1.82) is 0 Å². The van der Waals surface area contributed by atoms with Crippen LogP contribution in [-0.4, -0.2) is 18.4 Å². The van der Waals surface area contributed by atoms with Crippen LogP contribution < -0.4 is 5.32 Å². The summed E-state index contributed by atoms with van der Waals surface area (Å²) in [6.45, 7) is 2.76. The lowest BCUT2D eigenvalue weighted by Gasteiger charge is -2.39. The number of esters is 1. The van der Waals surface area contributed by atoms with Gasteiger partial charge >= 0.3 is 5.97 Å². The predicted molar refractivity (Wildman–Crippen MR) is 66.6 cm³/mol. The van der Waals surface area contributed by atoms with Crippen molar-refractivity contribution >= 4 is 11.9 Å². The normalized spacial score (nSPS) is 21.9. The summed E-state index contributed by atoms with van der Waals surface area (Å²) < 4.78 is 5.19. The molecule has 0 bridgehead atoms. The number of carbonyl (C=O) groups excluding carboxylic acids is 2. The van der Waals surface area contributed by atoms with Crippen molar-refractivity contribution in [3.8, 4) is 0 Å². The zero-order valence-electron chi connectivity index (χ0n) is 10.4. The second-order valence-electron chi connectivity index (χ2n) is 4.64. The maximum atomic E-state index is 11.7. The third-order valence-corrected chi connectivity index (χ3v) is 3.47. The van der Waals surface area contributed by atoms with E-state index < -0.39 is 5.41 Å². The summed E-state index contributed by atoms with van der Waals surface area (Å²) in [6, 6.07) is 9.51. The third kappa shape index (κ3) is 2.53. The minimum absolute atomic E-state index is 0.0401. The van der Waals surface area contributed by atoms with Gasteiger partial charge in [0.1, 0.15) is 6.61 Å². The Hall–Kier alpha value is -1.84. The van der Waals surface area contributed by atoms with Crippen LogP contribution in [-0.2, 0) is 20.9 Å². The number of hydrogen-bond acceptors (Lipinski definition) is 3. The van der Waals surface area contributed by atoms with Crippen LogP contribution in [0.15, 0.2) is 30.3 Å². The number of hydrogen-bond donors (Lipinski definition) is 1. The zero-order valence-corrected chi connectivity index (χ0v) is 10.4. The van der Waals surface area contributed by atoms with Gasteiger partial charge in [-0.05, 0) is 12.0 Å². The highest BCUT2D eigenvalue weighted by Crippen LogP contribution is 2.32. The number of rotatable bonds is 5. The van der Waals surface area contributed by atoms with Crippen molar-refractivity contribution in [3.05, 3.63) is 35.9 Å². The topological polar surface area (TPSA) is 55.4 Å². The summed E-state index contributed by atoms with van der Waals surface area (Å²) in [5.41, 5.74) is 0.419.